The number of hydrogen-bond acceptors (Lipinski definition) is 4. The van der Waals surface area contributed by atoms with Gasteiger partial charge in [0, 0.05) is 19.6 Å². The Morgan fingerprint density at radius 2 is 2.10 bits per heavy atom. The van der Waals surface area contributed by atoms with Crippen molar-refractivity contribution in [3.05, 3.63) is 11.5 Å². The molecule has 1 amide bonds. The molecule has 0 bridgehead atoms. The van der Waals surface area contributed by atoms with E-state index < -0.39 is 0 Å². The van der Waals surface area contributed by atoms with E-state index in [-0.39, 0.29) is 17.1 Å². The van der Waals surface area contributed by atoms with E-state index in [0.717, 1.165) is 37.3 Å². The molecule has 114 valence electrons. The number of rotatable bonds is 2. The molecule has 2 aliphatic rings. The van der Waals surface area contributed by atoms with E-state index in [9.17, 15) is 4.79 Å². The molecule has 1 saturated carbocycles. The van der Waals surface area contributed by atoms with Gasteiger partial charge < -0.3 is 9.80 Å². The molecular formula is C15H21ClN4O. The van der Waals surface area contributed by atoms with Crippen LogP contribution in [0.25, 0.3) is 0 Å². The number of carbonyl (C=O) groups is 1. The van der Waals surface area contributed by atoms with Gasteiger partial charge in [-0.25, -0.2) is 4.98 Å². The van der Waals surface area contributed by atoms with Crippen molar-refractivity contribution in [2.24, 2.45) is 5.92 Å². The van der Waals surface area contributed by atoms with Crippen molar-refractivity contribution in [2.45, 2.75) is 45.1 Å². The summed E-state index contributed by atoms with van der Waals surface area (Å²) in [7, 11) is 1.80. The third-order valence-electron chi connectivity index (χ3n) is 4.71. The normalized spacial score (nSPS) is 23.4. The van der Waals surface area contributed by atoms with Crippen LogP contribution in [0.2, 0.25) is 5.28 Å². The average molecular weight is 309 g/mol. The zero-order valence-corrected chi connectivity index (χ0v) is 13.3. The lowest BCUT2D eigenvalue weighted by molar-refractivity contribution is -0.121. The minimum Gasteiger partial charge on any atom is -0.351 e. The predicted octanol–water partition coefficient (Wildman–Crippen LogP) is 2.88. The Bertz CT molecular complexity index is 544. The van der Waals surface area contributed by atoms with E-state index in [1.54, 1.807) is 18.1 Å². The highest BCUT2D eigenvalue weighted by Crippen LogP contribution is 2.37. The van der Waals surface area contributed by atoms with Crippen LogP contribution in [0.5, 0.6) is 0 Å². The Hall–Kier alpha value is -1.36. The molecule has 0 spiro atoms. The minimum atomic E-state index is 0.00331. The first-order chi connectivity index (χ1) is 10.1. The topological polar surface area (TPSA) is 49.3 Å². The molecule has 0 N–H and O–H groups in total. The molecule has 21 heavy (non-hydrogen) atoms. The second-order valence-electron chi connectivity index (χ2n) is 5.94. The van der Waals surface area contributed by atoms with Crippen LogP contribution >= 0.6 is 11.6 Å². The van der Waals surface area contributed by atoms with Crippen molar-refractivity contribution in [2.75, 3.05) is 23.4 Å². The summed E-state index contributed by atoms with van der Waals surface area (Å²) in [5.41, 5.74) is 0.771. The number of fused-ring (bicyclic) bond motifs is 1. The third-order valence-corrected chi connectivity index (χ3v) is 4.89. The monoisotopic (exact) mass is 308 g/mol. The van der Waals surface area contributed by atoms with Gasteiger partial charge in [-0.2, -0.15) is 4.98 Å². The van der Waals surface area contributed by atoms with Crippen LogP contribution in [0.15, 0.2) is 6.20 Å². The second-order valence-corrected chi connectivity index (χ2v) is 6.28. The van der Waals surface area contributed by atoms with Crippen molar-refractivity contribution in [3.8, 4) is 0 Å². The van der Waals surface area contributed by atoms with Crippen molar-refractivity contribution >= 4 is 29.0 Å². The first-order valence-electron chi connectivity index (χ1n) is 7.68. The van der Waals surface area contributed by atoms with Crippen molar-refractivity contribution in [1.82, 2.24) is 9.97 Å². The van der Waals surface area contributed by atoms with Crippen LogP contribution in [0.4, 0.5) is 11.5 Å². The molecule has 1 aromatic heterocycles. The van der Waals surface area contributed by atoms with Gasteiger partial charge in [-0.3, -0.25) is 4.79 Å². The van der Waals surface area contributed by atoms with Crippen molar-refractivity contribution < 1.29 is 4.79 Å². The molecule has 0 radical (unpaired) electrons. The fraction of sp³-hybridized carbons (Fsp3) is 0.667. The average Bonchev–Trinajstić information content (AvgIpc) is 2.98. The zero-order valence-electron chi connectivity index (χ0n) is 12.5. The predicted molar refractivity (Wildman–Crippen MR) is 83.8 cm³/mol. The van der Waals surface area contributed by atoms with Gasteiger partial charge in [0.2, 0.25) is 11.2 Å². The third kappa shape index (κ3) is 2.59. The summed E-state index contributed by atoms with van der Waals surface area (Å²) < 4.78 is 0. The van der Waals surface area contributed by atoms with Gasteiger partial charge in [-0.05, 0) is 30.9 Å². The Kier molecular flexibility index (Phi) is 4.02. The molecule has 5 nitrogen and oxygen atoms in total. The Balaban J connectivity index is 2.07. The van der Waals surface area contributed by atoms with Crippen LogP contribution < -0.4 is 9.80 Å². The summed E-state index contributed by atoms with van der Waals surface area (Å²) in [6.45, 7) is 2.79. The van der Waals surface area contributed by atoms with E-state index in [0.29, 0.717) is 6.04 Å². The standard InChI is InChI=1S/C15H21ClN4O/c1-3-10-9-20(11-6-4-5-7-11)13-12(19(2)14(10)21)8-17-15(16)18-13/h8,10-11H,3-7,9H2,1-2H3. The number of nitrogens with zero attached hydrogens (tertiary/aromatic N) is 4. The number of anilines is 2. The Morgan fingerprint density at radius 3 is 2.76 bits per heavy atom. The SMILES string of the molecule is CCC1CN(C2CCCC2)c2nc(Cl)ncc2N(C)C1=O. The van der Waals surface area contributed by atoms with Gasteiger partial charge >= 0.3 is 0 Å². The summed E-state index contributed by atoms with van der Waals surface area (Å²) in [5, 5.41) is 0.243. The van der Waals surface area contributed by atoms with E-state index >= 15 is 0 Å². The van der Waals surface area contributed by atoms with Gasteiger partial charge in [0.05, 0.1) is 12.1 Å². The molecule has 2 heterocycles. The lowest BCUT2D eigenvalue weighted by Crippen LogP contribution is -2.39. The van der Waals surface area contributed by atoms with Crippen LogP contribution in [-0.4, -0.2) is 35.5 Å². The highest BCUT2D eigenvalue weighted by atomic mass is 35.5. The zero-order chi connectivity index (χ0) is 15.0. The van der Waals surface area contributed by atoms with Crippen molar-refractivity contribution in [3.63, 3.8) is 0 Å². The molecule has 0 aromatic carbocycles. The first-order valence-corrected chi connectivity index (χ1v) is 8.06. The van der Waals surface area contributed by atoms with Crippen LogP contribution in [0.1, 0.15) is 39.0 Å². The molecule has 1 aromatic rings. The molecule has 6 heteroatoms. The van der Waals surface area contributed by atoms with E-state index in [1.165, 1.54) is 12.8 Å². The number of carbonyl (C=O) groups excluding carboxylic acids is 1. The maximum atomic E-state index is 12.6. The van der Waals surface area contributed by atoms with E-state index in [1.807, 2.05) is 0 Å². The molecule has 1 atom stereocenters. The van der Waals surface area contributed by atoms with Gasteiger partial charge in [-0.1, -0.05) is 19.8 Å². The van der Waals surface area contributed by atoms with Gasteiger partial charge in [0.1, 0.15) is 5.69 Å². The highest BCUT2D eigenvalue weighted by molar-refractivity contribution is 6.28. The second kappa shape index (κ2) is 5.79. The molecule has 0 saturated heterocycles. The Labute approximate surface area is 130 Å². The number of hydrogen-bond donors (Lipinski definition) is 0. The molecule has 3 rings (SSSR count). The molecule has 1 unspecified atom stereocenters. The quantitative estimate of drug-likeness (QED) is 0.788. The van der Waals surface area contributed by atoms with Crippen molar-refractivity contribution in [1.29, 1.82) is 0 Å². The van der Waals surface area contributed by atoms with E-state index in [4.69, 9.17) is 11.6 Å². The van der Waals surface area contributed by atoms with Gasteiger partial charge in [0.15, 0.2) is 5.82 Å². The summed E-state index contributed by atoms with van der Waals surface area (Å²) >= 11 is 6.00. The largest absolute Gasteiger partial charge is 0.351 e. The van der Waals surface area contributed by atoms with Gasteiger partial charge in [0.25, 0.3) is 0 Å². The van der Waals surface area contributed by atoms with Crippen LogP contribution in [0.3, 0.4) is 0 Å². The minimum absolute atomic E-state index is 0.00331. The molecule has 1 aliphatic carbocycles. The van der Waals surface area contributed by atoms with Crippen LogP contribution in [0, 0.1) is 5.92 Å². The summed E-state index contributed by atoms with van der Waals surface area (Å²) in [4.78, 5) is 25.1. The van der Waals surface area contributed by atoms with Gasteiger partial charge in [-0.15, -0.1) is 0 Å². The van der Waals surface area contributed by atoms with E-state index in [2.05, 4.69) is 21.8 Å². The lowest BCUT2D eigenvalue weighted by Gasteiger charge is -2.31. The summed E-state index contributed by atoms with van der Waals surface area (Å²) in [5.74, 6) is 0.961. The maximum Gasteiger partial charge on any atom is 0.231 e. The summed E-state index contributed by atoms with van der Waals surface area (Å²) in [6.07, 6.45) is 7.32. The number of amides is 1. The molecule has 1 aliphatic heterocycles. The first kappa shape index (κ1) is 14.6. The number of aromatic nitrogens is 2. The lowest BCUT2D eigenvalue weighted by atomic mass is 10.0. The maximum absolute atomic E-state index is 12.6. The fourth-order valence-electron chi connectivity index (χ4n) is 3.43. The summed E-state index contributed by atoms with van der Waals surface area (Å²) in [6, 6.07) is 0.461. The van der Waals surface area contributed by atoms with Crippen LogP contribution in [-0.2, 0) is 4.79 Å². The number of halogens is 1. The molecule has 1 fully saturated rings. The Morgan fingerprint density at radius 1 is 1.38 bits per heavy atom. The highest BCUT2D eigenvalue weighted by Gasteiger charge is 2.36. The molecular weight excluding hydrogens is 288 g/mol. The smallest absolute Gasteiger partial charge is 0.231 e. The fourth-order valence-corrected chi connectivity index (χ4v) is 3.56.